The number of carbonyl (C=O) groups excluding carboxylic acids is 1. The van der Waals surface area contributed by atoms with Gasteiger partial charge in [0.1, 0.15) is 0 Å². The lowest BCUT2D eigenvalue weighted by atomic mass is 10.1. The Bertz CT molecular complexity index is 1360. The van der Waals surface area contributed by atoms with Crippen molar-refractivity contribution in [3.8, 4) is 28.5 Å². The van der Waals surface area contributed by atoms with Crippen molar-refractivity contribution in [1.82, 2.24) is 10.3 Å². The zero-order valence-electron chi connectivity index (χ0n) is 20.3. The van der Waals surface area contributed by atoms with Gasteiger partial charge in [-0.2, -0.15) is 0 Å². The van der Waals surface area contributed by atoms with E-state index in [1.807, 2.05) is 36.4 Å². The van der Waals surface area contributed by atoms with Crippen LogP contribution >= 0.6 is 23.4 Å². The standard InChI is InChI=1S/C28H27ClN2O4S/c1-33-23-16-18(17-24(34-2)27(23)35-3)8-13-25(32)30-14-15-36-28-21-6-4-5-7-22(21)31-26(28)19-9-11-20(29)12-10-19/h4-13,16-17,31H,14-15H2,1-3H3,(H,30,32). The zero-order valence-corrected chi connectivity index (χ0v) is 21.8. The molecule has 0 radical (unpaired) electrons. The molecule has 0 aliphatic heterocycles. The lowest BCUT2D eigenvalue weighted by Gasteiger charge is -2.12. The zero-order chi connectivity index (χ0) is 25.5. The van der Waals surface area contributed by atoms with Crippen molar-refractivity contribution >= 4 is 46.2 Å². The minimum Gasteiger partial charge on any atom is -0.493 e. The summed E-state index contributed by atoms with van der Waals surface area (Å²) in [5, 5.41) is 4.80. The predicted octanol–water partition coefficient (Wildman–Crippen LogP) is 6.44. The summed E-state index contributed by atoms with van der Waals surface area (Å²) in [5.41, 5.74) is 3.95. The SMILES string of the molecule is COc1cc(C=CC(=O)NCCSc2c(-c3ccc(Cl)cc3)[nH]c3ccccc23)cc(OC)c1OC. The molecule has 3 aromatic carbocycles. The number of carbonyl (C=O) groups is 1. The van der Waals surface area contributed by atoms with Crippen molar-refractivity contribution in [2.24, 2.45) is 0 Å². The summed E-state index contributed by atoms with van der Waals surface area (Å²) in [4.78, 5) is 17.1. The van der Waals surface area contributed by atoms with Crippen molar-refractivity contribution in [3.63, 3.8) is 0 Å². The molecule has 1 amide bonds. The second kappa shape index (κ2) is 11.9. The van der Waals surface area contributed by atoms with Crippen molar-refractivity contribution in [1.29, 1.82) is 0 Å². The summed E-state index contributed by atoms with van der Waals surface area (Å²) in [6.07, 6.45) is 3.21. The minimum atomic E-state index is -0.179. The molecule has 0 aliphatic carbocycles. The largest absolute Gasteiger partial charge is 0.493 e. The molecule has 8 heteroatoms. The molecular weight excluding hydrogens is 496 g/mol. The highest BCUT2D eigenvalue weighted by Crippen LogP contribution is 2.39. The molecule has 0 saturated heterocycles. The first-order valence-corrected chi connectivity index (χ1v) is 12.7. The van der Waals surface area contributed by atoms with Crippen molar-refractivity contribution < 1.29 is 19.0 Å². The first-order chi connectivity index (χ1) is 17.5. The lowest BCUT2D eigenvalue weighted by molar-refractivity contribution is -0.116. The van der Waals surface area contributed by atoms with Gasteiger partial charge in [0.25, 0.3) is 0 Å². The predicted molar refractivity (Wildman–Crippen MR) is 148 cm³/mol. The topological polar surface area (TPSA) is 72.6 Å². The number of thioether (sulfide) groups is 1. The monoisotopic (exact) mass is 522 g/mol. The van der Waals surface area contributed by atoms with Crippen LogP contribution in [0.5, 0.6) is 17.2 Å². The number of ether oxygens (including phenoxy) is 3. The summed E-state index contributed by atoms with van der Waals surface area (Å²) in [6, 6.07) is 19.6. The summed E-state index contributed by atoms with van der Waals surface area (Å²) in [5.74, 6) is 2.11. The first kappa shape index (κ1) is 25.5. The van der Waals surface area contributed by atoms with Crippen molar-refractivity contribution in [3.05, 3.63) is 77.3 Å². The van der Waals surface area contributed by atoms with Gasteiger partial charge in [-0.05, 0) is 47.5 Å². The van der Waals surface area contributed by atoms with Crippen LogP contribution in [0.1, 0.15) is 5.56 Å². The smallest absolute Gasteiger partial charge is 0.244 e. The van der Waals surface area contributed by atoms with Gasteiger partial charge in [-0.15, -0.1) is 11.8 Å². The summed E-state index contributed by atoms with van der Waals surface area (Å²) in [7, 11) is 4.67. The fraction of sp³-hybridized carbons (Fsp3) is 0.179. The van der Waals surface area contributed by atoms with Gasteiger partial charge >= 0.3 is 0 Å². The Kier molecular flexibility index (Phi) is 8.46. The molecule has 0 bridgehead atoms. The number of hydrogen-bond donors (Lipinski definition) is 2. The highest BCUT2D eigenvalue weighted by molar-refractivity contribution is 7.99. The minimum absolute atomic E-state index is 0.179. The molecule has 4 rings (SSSR count). The number of halogens is 1. The summed E-state index contributed by atoms with van der Waals surface area (Å²) >= 11 is 7.78. The molecule has 2 N–H and O–H groups in total. The Morgan fingerprint density at radius 2 is 1.69 bits per heavy atom. The first-order valence-electron chi connectivity index (χ1n) is 11.3. The van der Waals surface area contributed by atoms with Crippen LogP contribution in [0.25, 0.3) is 28.2 Å². The van der Waals surface area contributed by atoms with E-state index in [2.05, 4.69) is 22.4 Å². The molecule has 0 unspecified atom stereocenters. The van der Waals surface area contributed by atoms with Gasteiger partial charge in [0.2, 0.25) is 11.7 Å². The molecule has 1 aromatic heterocycles. The van der Waals surface area contributed by atoms with Gasteiger partial charge in [-0.1, -0.05) is 41.9 Å². The van der Waals surface area contributed by atoms with Crippen LogP contribution in [-0.4, -0.2) is 44.5 Å². The molecule has 0 atom stereocenters. The summed E-state index contributed by atoms with van der Waals surface area (Å²) in [6.45, 7) is 0.517. The van der Waals surface area contributed by atoms with Crippen LogP contribution in [0.3, 0.4) is 0 Å². The second-order valence-electron chi connectivity index (χ2n) is 7.81. The van der Waals surface area contributed by atoms with Gasteiger partial charge in [-0.3, -0.25) is 4.79 Å². The number of nitrogens with one attached hydrogen (secondary N) is 2. The number of rotatable bonds is 10. The Hall–Kier alpha value is -3.55. The third-order valence-electron chi connectivity index (χ3n) is 5.55. The highest BCUT2D eigenvalue weighted by Gasteiger charge is 2.14. The van der Waals surface area contributed by atoms with Crippen molar-refractivity contribution in [2.45, 2.75) is 4.90 Å². The number of amides is 1. The molecule has 0 aliphatic rings. The fourth-order valence-electron chi connectivity index (χ4n) is 3.84. The number of methoxy groups -OCH3 is 3. The molecule has 0 fully saturated rings. The van der Waals surface area contributed by atoms with E-state index in [-0.39, 0.29) is 5.91 Å². The Morgan fingerprint density at radius 1 is 1.00 bits per heavy atom. The molecular formula is C28H27ClN2O4S. The van der Waals surface area contributed by atoms with E-state index in [4.69, 9.17) is 25.8 Å². The maximum Gasteiger partial charge on any atom is 0.244 e. The Morgan fingerprint density at radius 3 is 2.36 bits per heavy atom. The van der Waals surface area contributed by atoms with E-state index < -0.39 is 0 Å². The number of aromatic amines is 1. The van der Waals surface area contributed by atoms with Gasteiger partial charge in [0, 0.05) is 39.2 Å². The van der Waals surface area contributed by atoms with Crippen LogP contribution in [0.4, 0.5) is 0 Å². The quantitative estimate of drug-likeness (QED) is 0.142. The van der Waals surface area contributed by atoms with Crippen LogP contribution < -0.4 is 19.5 Å². The number of aromatic nitrogens is 1. The molecule has 186 valence electrons. The van der Waals surface area contributed by atoms with E-state index in [0.29, 0.717) is 34.6 Å². The Labute approximate surface area is 219 Å². The Balaban J connectivity index is 1.40. The van der Waals surface area contributed by atoms with Gasteiger partial charge < -0.3 is 24.5 Å². The second-order valence-corrected chi connectivity index (χ2v) is 9.35. The third-order valence-corrected chi connectivity index (χ3v) is 6.93. The number of fused-ring (bicyclic) bond motifs is 1. The molecule has 36 heavy (non-hydrogen) atoms. The van der Waals surface area contributed by atoms with Gasteiger partial charge in [0.05, 0.1) is 27.0 Å². The molecule has 1 heterocycles. The van der Waals surface area contributed by atoms with E-state index in [1.165, 1.54) is 6.08 Å². The number of H-pyrrole nitrogens is 1. The average molecular weight is 523 g/mol. The lowest BCUT2D eigenvalue weighted by Crippen LogP contribution is -2.23. The summed E-state index contributed by atoms with van der Waals surface area (Å²) < 4.78 is 16.1. The van der Waals surface area contributed by atoms with E-state index in [0.717, 1.165) is 32.6 Å². The third kappa shape index (κ3) is 5.80. The van der Waals surface area contributed by atoms with E-state index in [9.17, 15) is 4.79 Å². The van der Waals surface area contributed by atoms with Crippen molar-refractivity contribution in [2.75, 3.05) is 33.6 Å². The number of benzene rings is 3. The van der Waals surface area contributed by atoms with Gasteiger partial charge in [-0.25, -0.2) is 0 Å². The fourth-order valence-corrected chi connectivity index (χ4v) is 5.02. The van der Waals surface area contributed by atoms with E-state index in [1.54, 1.807) is 51.3 Å². The van der Waals surface area contributed by atoms with E-state index >= 15 is 0 Å². The highest BCUT2D eigenvalue weighted by atomic mass is 35.5. The van der Waals surface area contributed by atoms with Crippen LogP contribution in [0.2, 0.25) is 5.02 Å². The average Bonchev–Trinajstić information content (AvgIpc) is 3.28. The van der Waals surface area contributed by atoms with Crippen LogP contribution in [0.15, 0.2) is 71.6 Å². The number of hydrogen-bond acceptors (Lipinski definition) is 5. The maximum atomic E-state index is 12.4. The molecule has 4 aromatic rings. The molecule has 0 saturated carbocycles. The molecule has 6 nitrogen and oxygen atoms in total. The van der Waals surface area contributed by atoms with Gasteiger partial charge in [0.15, 0.2) is 11.5 Å². The van der Waals surface area contributed by atoms with Crippen LogP contribution in [-0.2, 0) is 4.79 Å². The number of para-hydroxylation sites is 1. The molecule has 0 spiro atoms. The van der Waals surface area contributed by atoms with Crippen LogP contribution in [0, 0.1) is 0 Å². The maximum absolute atomic E-state index is 12.4. The normalized spacial score (nSPS) is 11.1.